The molecule has 69 heavy (non-hydrogen) atoms. The van der Waals surface area contributed by atoms with Gasteiger partial charge in [0.25, 0.3) is 0 Å². The third kappa shape index (κ3) is 43.8. The Hall–Kier alpha value is -0.290. The summed E-state index contributed by atoms with van der Waals surface area (Å²) in [5.41, 5.74) is -0.209. The molecule has 0 saturated carbocycles. The lowest BCUT2D eigenvalue weighted by atomic mass is 9.89. The molecule has 13 atom stereocenters. The van der Waals surface area contributed by atoms with E-state index in [0.29, 0.717) is 44.4 Å². The van der Waals surface area contributed by atoms with Crippen LogP contribution < -0.4 is 0 Å². The first-order valence-electron chi connectivity index (χ1n) is 25.5. The Bertz CT molecular complexity index is 1150. The van der Waals surface area contributed by atoms with E-state index in [1.54, 1.807) is 0 Å². The monoisotopic (exact) mass is 1020 g/mol. The largest absolute Gasteiger partial charge is 0.391 e. The van der Waals surface area contributed by atoms with E-state index < -0.39 is 66.9 Å². The molecule has 0 aliphatic rings. The minimum Gasteiger partial charge on any atom is -0.391 e. The quantitative estimate of drug-likeness (QED) is 0.0428. The topological polar surface area (TPSA) is 243 Å². The van der Waals surface area contributed by atoms with Crippen LogP contribution in [0.1, 0.15) is 121 Å². The predicted octanol–water partition coefficient (Wildman–Crippen LogP) is 3.91. The SMILES string of the molecule is CCCC(O)COC(COC(COCC(COCC(O)CC(C)C)OCC(O)CC)COCC(CC(C)(C)C)OCC(O)COCC(COCC(O)P)OCC(O)COCC(O)CC)CC(C)(C)C. The zero-order chi connectivity index (χ0) is 52.3. The number of hydrogen-bond acceptors (Lipinski definition) is 18. The van der Waals surface area contributed by atoms with Crippen molar-refractivity contribution in [3.63, 3.8) is 0 Å². The molecule has 0 rings (SSSR count). The van der Waals surface area contributed by atoms with Crippen LogP contribution in [-0.2, 0) is 52.1 Å². The zero-order valence-electron chi connectivity index (χ0n) is 44.7. The molecular formula is C50H103O18P. The van der Waals surface area contributed by atoms with E-state index in [1.165, 1.54) is 0 Å². The number of aliphatic hydroxyl groups is 7. The van der Waals surface area contributed by atoms with Gasteiger partial charge in [0.15, 0.2) is 0 Å². The summed E-state index contributed by atoms with van der Waals surface area (Å²) in [6.45, 7) is 24.0. The molecule has 7 N–H and O–H groups in total. The van der Waals surface area contributed by atoms with Crippen molar-refractivity contribution in [2.75, 3.05) is 112 Å². The highest BCUT2D eigenvalue weighted by molar-refractivity contribution is 7.17. The number of aliphatic hydroxyl groups excluding tert-OH is 7. The summed E-state index contributed by atoms with van der Waals surface area (Å²) in [7, 11) is 2.24. The summed E-state index contributed by atoms with van der Waals surface area (Å²) in [5.74, 6) is -0.440. The maximum atomic E-state index is 10.9. The van der Waals surface area contributed by atoms with Gasteiger partial charge in [-0.1, -0.05) is 82.6 Å². The van der Waals surface area contributed by atoms with E-state index >= 15 is 0 Å². The second kappa shape index (κ2) is 41.0. The van der Waals surface area contributed by atoms with E-state index in [4.69, 9.17) is 52.1 Å². The fraction of sp³-hybridized carbons (Fsp3) is 1.00. The lowest BCUT2D eigenvalue weighted by Gasteiger charge is -2.30. The fourth-order valence-corrected chi connectivity index (χ4v) is 6.85. The summed E-state index contributed by atoms with van der Waals surface area (Å²) < 4.78 is 65.7. The van der Waals surface area contributed by atoms with Crippen LogP contribution in [0, 0.1) is 16.7 Å². The van der Waals surface area contributed by atoms with E-state index in [0.717, 1.165) is 6.42 Å². The molecule has 0 spiro atoms. The first-order valence-corrected chi connectivity index (χ1v) is 26.2. The Morgan fingerprint density at radius 3 is 1.07 bits per heavy atom. The molecule has 18 nitrogen and oxygen atoms in total. The van der Waals surface area contributed by atoms with Crippen LogP contribution in [-0.4, -0.2) is 221 Å². The van der Waals surface area contributed by atoms with Gasteiger partial charge >= 0.3 is 0 Å². The van der Waals surface area contributed by atoms with Crippen LogP contribution in [0.3, 0.4) is 0 Å². The standard InChI is InChI=1S/C50H103O18P/c1-12-15-39(53)24-64-44(18-50(9,10)11)34-68-47(32-62-30-45(66-23-38(52)14-3)28-59-20-40(54)16-36(4)5)31-61-27-43(17-49(6,7)8)65-25-42(56)22-60-29-46(33-63-35-48(57)69)67-26-41(55)21-58-19-37(51)13-2/h36-48,51-57H,12-35,69H2,1-11H3. The fourth-order valence-electron chi connectivity index (χ4n) is 6.72. The molecule has 19 heteroatoms. The van der Waals surface area contributed by atoms with Crippen molar-refractivity contribution < 1.29 is 87.9 Å². The van der Waals surface area contributed by atoms with Crippen LogP contribution in [0.15, 0.2) is 0 Å². The molecule has 0 aliphatic heterocycles. The van der Waals surface area contributed by atoms with Gasteiger partial charge in [0.1, 0.15) is 30.5 Å². The summed E-state index contributed by atoms with van der Waals surface area (Å²) in [5, 5.41) is 71.6. The summed E-state index contributed by atoms with van der Waals surface area (Å²) >= 11 is 0. The van der Waals surface area contributed by atoms with E-state index in [1.807, 2.05) is 34.6 Å². The highest BCUT2D eigenvalue weighted by Gasteiger charge is 2.26. The van der Waals surface area contributed by atoms with Crippen LogP contribution in [0.4, 0.5) is 0 Å². The molecule has 0 aliphatic carbocycles. The number of rotatable bonds is 47. The molecule has 0 heterocycles. The molecule has 0 aromatic carbocycles. The van der Waals surface area contributed by atoms with Crippen molar-refractivity contribution in [3.05, 3.63) is 0 Å². The van der Waals surface area contributed by atoms with Gasteiger partial charge in [-0.2, -0.15) is 0 Å². The predicted molar refractivity (Wildman–Crippen MR) is 268 cm³/mol. The minimum absolute atomic E-state index is 0.0200. The van der Waals surface area contributed by atoms with Gasteiger partial charge in [-0.3, -0.25) is 0 Å². The Morgan fingerprint density at radius 2 is 0.667 bits per heavy atom. The third-order valence-corrected chi connectivity index (χ3v) is 10.5. The molecule has 416 valence electrons. The second-order valence-electron chi connectivity index (χ2n) is 21.3. The van der Waals surface area contributed by atoms with Crippen LogP contribution in [0.2, 0.25) is 0 Å². The molecule has 0 amide bonds. The van der Waals surface area contributed by atoms with Gasteiger partial charge in [-0.25, -0.2) is 0 Å². The Morgan fingerprint density at radius 1 is 0.362 bits per heavy atom. The number of ether oxygens (including phenoxy) is 11. The lowest BCUT2D eigenvalue weighted by Crippen LogP contribution is -2.37. The maximum Gasteiger partial charge on any atom is 0.104 e. The molecule has 13 unspecified atom stereocenters. The van der Waals surface area contributed by atoms with E-state index in [-0.39, 0.29) is 129 Å². The van der Waals surface area contributed by atoms with Crippen molar-refractivity contribution >= 4 is 9.24 Å². The first-order chi connectivity index (χ1) is 32.4. The van der Waals surface area contributed by atoms with Gasteiger partial charge < -0.3 is 87.9 Å². The highest BCUT2D eigenvalue weighted by Crippen LogP contribution is 2.25. The van der Waals surface area contributed by atoms with Gasteiger partial charge in [-0.05, 0) is 55.3 Å². The first kappa shape index (κ1) is 68.7. The average molecular weight is 1020 g/mol. The van der Waals surface area contributed by atoms with Crippen LogP contribution >= 0.6 is 9.24 Å². The summed E-state index contributed by atoms with van der Waals surface area (Å²) in [6, 6.07) is 0. The molecule has 0 saturated heterocycles. The second-order valence-corrected chi connectivity index (χ2v) is 22.0. The third-order valence-electron chi connectivity index (χ3n) is 10.3. The van der Waals surface area contributed by atoms with Crippen molar-refractivity contribution in [3.8, 4) is 0 Å². The Labute approximate surface area is 419 Å². The Balaban J connectivity index is 5.78. The minimum atomic E-state index is -0.983. The Kier molecular flexibility index (Phi) is 40.8. The lowest BCUT2D eigenvalue weighted by molar-refractivity contribution is -0.135. The molecule has 0 aromatic heterocycles. The highest BCUT2D eigenvalue weighted by atomic mass is 31.0. The van der Waals surface area contributed by atoms with Gasteiger partial charge in [0.2, 0.25) is 0 Å². The average Bonchev–Trinajstić information content (AvgIpc) is 3.25. The van der Waals surface area contributed by atoms with Crippen molar-refractivity contribution in [1.29, 1.82) is 0 Å². The van der Waals surface area contributed by atoms with Crippen molar-refractivity contribution in [1.82, 2.24) is 0 Å². The normalized spacial score (nSPS) is 18.1. The molecule has 0 bridgehead atoms. The smallest absolute Gasteiger partial charge is 0.104 e. The molecule has 0 aromatic rings. The molecule has 0 radical (unpaired) electrons. The van der Waals surface area contributed by atoms with Gasteiger partial charge in [0, 0.05) is 0 Å². The van der Waals surface area contributed by atoms with E-state index in [9.17, 15) is 35.7 Å². The van der Waals surface area contributed by atoms with Crippen molar-refractivity contribution in [2.24, 2.45) is 16.7 Å². The summed E-state index contributed by atoms with van der Waals surface area (Å²) in [4.78, 5) is 0. The van der Waals surface area contributed by atoms with E-state index in [2.05, 4.69) is 50.8 Å². The molecule has 0 fully saturated rings. The number of hydrogen-bond donors (Lipinski definition) is 7. The van der Waals surface area contributed by atoms with Crippen LogP contribution in [0.5, 0.6) is 0 Å². The molecular weight excluding hydrogens is 920 g/mol. The van der Waals surface area contributed by atoms with Crippen LogP contribution in [0.25, 0.3) is 0 Å². The van der Waals surface area contributed by atoms with Gasteiger partial charge in [-0.15, -0.1) is 9.24 Å². The van der Waals surface area contributed by atoms with Gasteiger partial charge in [0.05, 0.1) is 155 Å². The zero-order valence-corrected chi connectivity index (χ0v) is 45.8. The summed E-state index contributed by atoms with van der Waals surface area (Å²) in [6.07, 6.45) is -2.24. The maximum absolute atomic E-state index is 10.9. The van der Waals surface area contributed by atoms with Crippen molar-refractivity contribution in [2.45, 2.75) is 194 Å².